The smallest absolute Gasteiger partial charge is 0.187 e. The molecule has 0 spiro atoms. The van der Waals surface area contributed by atoms with Gasteiger partial charge in [-0.3, -0.25) is 0 Å². The predicted molar refractivity (Wildman–Crippen MR) is 145 cm³/mol. The molecular formula is C26H30FN9O6. The van der Waals surface area contributed by atoms with E-state index in [4.69, 9.17) is 35.5 Å². The molecule has 2 aromatic carbocycles. The van der Waals surface area contributed by atoms with Crippen LogP contribution in [0.4, 0.5) is 4.39 Å². The molecule has 16 heteroatoms. The quantitative estimate of drug-likeness (QED) is 0.209. The van der Waals surface area contributed by atoms with Crippen LogP contribution in [-0.4, -0.2) is 77.9 Å². The van der Waals surface area contributed by atoms with Crippen molar-refractivity contribution in [1.29, 1.82) is 0 Å². The van der Waals surface area contributed by atoms with Gasteiger partial charge in [0.05, 0.1) is 50.2 Å². The van der Waals surface area contributed by atoms with Gasteiger partial charge >= 0.3 is 0 Å². The van der Waals surface area contributed by atoms with Crippen molar-refractivity contribution in [1.82, 2.24) is 0 Å². The zero-order valence-electron chi connectivity index (χ0n) is 22.3. The molecule has 10 atom stereocenters. The molecule has 1 aliphatic heterocycles. The van der Waals surface area contributed by atoms with E-state index in [9.17, 15) is 10.2 Å². The molecule has 0 radical (unpaired) electrons. The summed E-state index contributed by atoms with van der Waals surface area (Å²) >= 11 is 0. The highest BCUT2D eigenvalue weighted by molar-refractivity contribution is 5.14. The highest BCUT2D eigenvalue weighted by atomic mass is 19.1. The Morgan fingerprint density at radius 1 is 0.786 bits per heavy atom. The normalized spacial score (nSPS) is 32.5. The van der Waals surface area contributed by atoms with E-state index >= 15 is 4.39 Å². The maximum Gasteiger partial charge on any atom is 0.187 e. The number of aliphatic hydroxyl groups is 2. The number of aliphatic hydroxyl groups excluding tert-OH is 2. The van der Waals surface area contributed by atoms with Gasteiger partial charge in [0.1, 0.15) is 18.3 Å². The number of nitrogens with zero attached hydrogens (tertiary/aromatic N) is 9. The minimum atomic E-state index is -1.87. The Morgan fingerprint density at radius 3 is 1.93 bits per heavy atom. The summed E-state index contributed by atoms with van der Waals surface area (Å²) in [6, 6.07) is 15.9. The first-order valence-electron chi connectivity index (χ1n) is 13.2. The van der Waals surface area contributed by atoms with Gasteiger partial charge in [-0.15, -0.1) is 0 Å². The lowest BCUT2D eigenvalue weighted by atomic mass is 9.84. The average Bonchev–Trinajstić information content (AvgIpc) is 3.01. The summed E-state index contributed by atoms with van der Waals surface area (Å²) in [6.45, 7) is -0.307. The number of ether oxygens (including phenoxy) is 4. The summed E-state index contributed by atoms with van der Waals surface area (Å²) in [6.07, 6.45) is -11.9. The van der Waals surface area contributed by atoms with Crippen LogP contribution < -0.4 is 0 Å². The van der Waals surface area contributed by atoms with Gasteiger partial charge in [-0.05, 0) is 34.1 Å². The number of hydrogen-bond acceptors (Lipinski definition) is 9. The molecule has 1 saturated heterocycles. The highest BCUT2D eigenvalue weighted by Gasteiger charge is 2.52. The number of hydrogen-bond donors (Lipinski definition) is 2. The number of azide groups is 3. The number of halogens is 1. The largest absolute Gasteiger partial charge is 0.390 e. The van der Waals surface area contributed by atoms with Crippen molar-refractivity contribution in [2.75, 3.05) is 6.54 Å². The van der Waals surface area contributed by atoms with Crippen molar-refractivity contribution in [3.8, 4) is 0 Å². The molecule has 0 amide bonds. The molecule has 2 aliphatic rings. The molecule has 4 rings (SSSR count). The number of alkyl halides is 1. The summed E-state index contributed by atoms with van der Waals surface area (Å²) in [5.41, 5.74) is 28.4. The second-order valence-corrected chi connectivity index (χ2v) is 9.79. The summed E-state index contributed by atoms with van der Waals surface area (Å²) in [5.74, 6) is 0. The standard InChI is InChI=1S/C26H30FN9O6/c27-20-24(39-13-15-7-3-1-4-8-15)19(12-31-34-28)41-26(25(20)40-14-16-9-5-2-6-10-16)42-23-18(33-36-30)11-17(32-35-29)21(37)22(23)38/h1-10,17-26,37-38H,11-14H2/t17-,18+,19-,20+,21+,22-,23-,24-,25-,26-/m1/s1. The van der Waals surface area contributed by atoms with E-state index < -0.39 is 61.2 Å². The van der Waals surface area contributed by atoms with Crippen LogP contribution in [0.5, 0.6) is 0 Å². The van der Waals surface area contributed by atoms with E-state index in [1.807, 2.05) is 36.4 Å². The third kappa shape index (κ3) is 7.66. The molecule has 0 bridgehead atoms. The van der Waals surface area contributed by atoms with Crippen molar-refractivity contribution in [3.05, 3.63) is 103 Å². The Kier molecular flexibility index (Phi) is 11.3. The fourth-order valence-corrected chi connectivity index (χ4v) is 5.00. The van der Waals surface area contributed by atoms with Crippen LogP contribution in [0.3, 0.4) is 0 Å². The maximum absolute atomic E-state index is 16.4. The van der Waals surface area contributed by atoms with Crippen LogP contribution in [0.15, 0.2) is 76.0 Å². The monoisotopic (exact) mass is 583 g/mol. The summed E-state index contributed by atoms with van der Waals surface area (Å²) in [7, 11) is 0. The third-order valence-electron chi connectivity index (χ3n) is 7.10. The molecule has 1 heterocycles. The van der Waals surface area contributed by atoms with Gasteiger partial charge in [-0.2, -0.15) is 0 Å². The Hall–Kier alpha value is -3.94. The first-order chi connectivity index (χ1) is 20.5. The van der Waals surface area contributed by atoms with Crippen LogP contribution in [0, 0.1) is 0 Å². The topological polar surface area (TPSA) is 224 Å². The van der Waals surface area contributed by atoms with Crippen LogP contribution in [0.2, 0.25) is 0 Å². The Balaban J connectivity index is 1.62. The minimum Gasteiger partial charge on any atom is -0.390 e. The third-order valence-corrected chi connectivity index (χ3v) is 7.10. The van der Waals surface area contributed by atoms with Gasteiger partial charge in [0.2, 0.25) is 0 Å². The number of rotatable bonds is 12. The molecular weight excluding hydrogens is 553 g/mol. The molecule has 1 saturated carbocycles. The van der Waals surface area contributed by atoms with Crippen LogP contribution in [0.1, 0.15) is 17.5 Å². The van der Waals surface area contributed by atoms with Gasteiger partial charge in [-0.25, -0.2) is 4.39 Å². The molecule has 2 fully saturated rings. The minimum absolute atomic E-state index is 0.0316. The van der Waals surface area contributed by atoms with Gasteiger partial charge in [-0.1, -0.05) is 76.0 Å². The van der Waals surface area contributed by atoms with E-state index in [-0.39, 0.29) is 26.2 Å². The molecule has 222 valence electrons. The fourth-order valence-electron chi connectivity index (χ4n) is 5.00. The lowest BCUT2D eigenvalue weighted by Gasteiger charge is -2.46. The molecule has 1 aliphatic carbocycles. The van der Waals surface area contributed by atoms with Crippen LogP contribution >= 0.6 is 0 Å². The fraction of sp³-hybridized carbons (Fsp3) is 0.538. The van der Waals surface area contributed by atoms with E-state index in [0.29, 0.717) is 0 Å². The van der Waals surface area contributed by atoms with Crippen LogP contribution in [-0.2, 0) is 32.2 Å². The van der Waals surface area contributed by atoms with Crippen molar-refractivity contribution < 1.29 is 33.6 Å². The Bertz CT molecular complexity index is 1290. The van der Waals surface area contributed by atoms with Crippen molar-refractivity contribution >= 4 is 0 Å². The molecule has 0 aromatic heterocycles. The first-order valence-corrected chi connectivity index (χ1v) is 13.2. The van der Waals surface area contributed by atoms with Crippen molar-refractivity contribution in [2.24, 2.45) is 15.3 Å². The van der Waals surface area contributed by atoms with E-state index in [2.05, 4.69) is 30.1 Å². The van der Waals surface area contributed by atoms with Crippen molar-refractivity contribution in [2.45, 2.75) is 80.8 Å². The summed E-state index contributed by atoms with van der Waals surface area (Å²) < 4.78 is 40.4. The zero-order valence-corrected chi connectivity index (χ0v) is 22.3. The molecule has 0 unspecified atom stereocenters. The maximum atomic E-state index is 16.4. The number of benzene rings is 2. The average molecular weight is 584 g/mol. The predicted octanol–water partition coefficient (Wildman–Crippen LogP) is 4.40. The van der Waals surface area contributed by atoms with Gasteiger partial charge in [0.25, 0.3) is 0 Å². The highest BCUT2D eigenvalue weighted by Crippen LogP contribution is 2.35. The Labute approximate surface area is 239 Å². The lowest BCUT2D eigenvalue weighted by Crippen LogP contribution is -2.63. The zero-order chi connectivity index (χ0) is 29.9. The molecule has 2 N–H and O–H groups in total. The molecule has 2 aromatic rings. The molecule has 42 heavy (non-hydrogen) atoms. The second-order valence-electron chi connectivity index (χ2n) is 9.79. The van der Waals surface area contributed by atoms with E-state index in [1.54, 1.807) is 24.3 Å². The summed E-state index contributed by atoms with van der Waals surface area (Å²) in [4.78, 5) is 8.21. The molecule has 15 nitrogen and oxygen atoms in total. The first kappa shape index (κ1) is 31.0. The lowest BCUT2D eigenvalue weighted by molar-refractivity contribution is -0.324. The van der Waals surface area contributed by atoms with Crippen molar-refractivity contribution in [3.63, 3.8) is 0 Å². The van der Waals surface area contributed by atoms with Gasteiger partial charge in [0, 0.05) is 14.7 Å². The van der Waals surface area contributed by atoms with Crippen LogP contribution in [0.25, 0.3) is 31.3 Å². The van der Waals surface area contributed by atoms with E-state index in [0.717, 1.165) is 11.1 Å². The van der Waals surface area contributed by atoms with E-state index in [1.165, 1.54) is 0 Å². The van der Waals surface area contributed by atoms with Gasteiger partial charge < -0.3 is 29.2 Å². The second kappa shape index (κ2) is 15.3. The Morgan fingerprint density at radius 2 is 1.36 bits per heavy atom. The van der Waals surface area contributed by atoms with Gasteiger partial charge in [0.15, 0.2) is 12.5 Å². The SMILES string of the molecule is [N-]=[N+]=NC[C@H]1O[C@H](O[C@H]2[C@H](O)[C@@H](O)[C@H](N=[N+]=[N-])C[C@@H]2N=[N+]=[N-])[C@H](OCc2ccccc2)[C@@H](F)[C@@H]1OCc1ccccc1. The summed E-state index contributed by atoms with van der Waals surface area (Å²) in [5, 5.41) is 32.1.